The number of fused-ring (bicyclic) bond motifs is 2. The number of ether oxygens (including phenoxy) is 2. The fourth-order valence-corrected chi connectivity index (χ4v) is 6.53. The van der Waals surface area contributed by atoms with Crippen molar-refractivity contribution < 1.29 is 29.1 Å². The van der Waals surface area contributed by atoms with Gasteiger partial charge < -0.3 is 14.6 Å². The quantitative estimate of drug-likeness (QED) is 0.743. The van der Waals surface area contributed by atoms with Gasteiger partial charge in [0.05, 0.1) is 12.2 Å². The van der Waals surface area contributed by atoms with Crippen LogP contribution in [-0.4, -0.2) is 40.8 Å². The molecule has 4 aliphatic heterocycles. The molecule has 9 atom stereocenters. The summed E-state index contributed by atoms with van der Waals surface area (Å²) in [7, 11) is 0. The van der Waals surface area contributed by atoms with Gasteiger partial charge in [-0.05, 0) is 50.4 Å². The van der Waals surface area contributed by atoms with Crippen LogP contribution in [-0.2, 0) is 24.0 Å². The molecule has 0 aromatic rings. The molecule has 5 fully saturated rings. The van der Waals surface area contributed by atoms with E-state index in [2.05, 4.69) is 13.8 Å². The molecule has 0 unspecified atom stereocenters. The van der Waals surface area contributed by atoms with E-state index in [9.17, 15) is 9.90 Å². The van der Waals surface area contributed by atoms with E-state index in [1.54, 1.807) is 0 Å². The summed E-state index contributed by atoms with van der Waals surface area (Å²) >= 11 is 0. The molecule has 1 saturated carbocycles. The molecule has 0 aromatic heterocycles. The van der Waals surface area contributed by atoms with E-state index >= 15 is 0 Å². The summed E-state index contributed by atoms with van der Waals surface area (Å²) < 4.78 is 12.8. The molecule has 156 valence electrons. The molecule has 28 heavy (non-hydrogen) atoms. The predicted molar refractivity (Wildman–Crippen MR) is 99.8 cm³/mol. The van der Waals surface area contributed by atoms with Gasteiger partial charge in [0.1, 0.15) is 0 Å². The number of rotatable bonds is 3. The Balaban J connectivity index is 1.44. The summed E-state index contributed by atoms with van der Waals surface area (Å²) in [6, 6.07) is 0. The first-order valence-corrected chi connectivity index (χ1v) is 11.0. The van der Waals surface area contributed by atoms with Gasteiger partial charge in [-0.3, -0.25) is 4.79 Å². The Labute approximate surface area is 166 Å². The van der Waals surface area contributed by atoms with E-state index in [4.69, 9.17) is 19.2 Å². The summed E-state index contributed by atoms with van der Waals surface area (Å²) in [5.41, 5.74) is -0.0159. The van der Waals surface area contributed by atoms with Gasteiger partial charge in [-0.25, -0.2) is 9.78 Å². The van der Waals surface area contributed by atoms with Crippen LogP contribution in [0.15, 0.2) is 11.6 Å². The van der Waals surface area contributed by atoms with E-state index in [1.165, 1.54) is 0 Å². The zero-order valence-electron chi connectivity index (χ0n) is 17.1. The minimum atomic E-state index is -0.786. The molecule has 6 aliphatic rings. The second-order valence-electron chi connectivity index (χ2n) is 9.82. The van der Waals surface area contributed by atoms with E-state index in [1.807, 2.05) is 13.0 Å². The fourth-order valence-electron chi connectivity index (χ4n) is 6.53. The molecule has 6 nitrogen and oxygen atoms in total. The Morgan fingerprint density at radius 1 is 1.21 bits per heavy atom. The normalized spacial score (nSPS) is 51.4. The van der Waals surface area contributed by atoms with Gasteiger partial charge >= 0.3 is 0 Å². The highest BCUT2D eigenvalue weighted by molar-refractivity contribution is 5.98. The number of hydrogen-bond acceptors (Lipinski definition) is 6. The molecule has 4 heterocycles. The number of carbonyl (C=O) groups is 1. The molecular formula is C22H32O6. The highest BCUT2D eigenvalue weighted by Gasteiger charge is 2.69. The zero-order chi connectivity index (χ0) is 19.7. The third kappa shape index (κ3) is 2.68. The highest BCUT2D eigenvalue weighted by atomic mass is 17.3. The van der Waals surface area contributed by atoms with Crippen molar-refractivity contribution >= 4 is 5.78 Å². The Kier molecular flexibility index (Phi) is 4.53. The SMILES string of the molecule is C[C@H]1[C@@H](C[C@H](O)C2=CCCC2=O)O[C@@H]2O[C@]3(C)CC[C@H]4[C@H](C)CC[C@@H]1[C@@]24OO3. The van der Waals surface area contributed by atoms with E-state index < -0.39 is 23.8 Å². The molecule has 1 spiro atoms. The van der Waals surface area contributed by atoms with Crippen molar-refractivity contribution in [2.24, 2.45) is 23.7 Å². The van der Waals surface area contributed by atoms with Crippen LogP contribution in [0.1, 0.15) is 65.7 Å². The average molecular weight is 392 g/mol. The van der Waals surface area contributed by atoms with E-state index in [0.717, 1.165) is 32.1 Å². The number of hydrogen-bond donors (Lipinski definition) is 1. The first-order valence-electron chi connectivity index (χ1n) is 11.0. The maximum atomic E-state index is 12.0. The molecule has 0 aromatic carbocycles. The topological polar surface area (TPSA) is 74.2 Å². The van der Waals surface area contributed by atoms with Crippen molar-refractivity contribution in [3.63, 3.8) is 0 Å². The number of ketones is 1. The maximum absolute atomic E-state index is 12.0. The van der Waals surface area contributed by atoms with Gasteiger partial charge in [0, 0.05) is 30.8 Å². The van der Waals surface area contributed by atoms with Crippen LogP contribution in [0, 0.1) is 23.7 Å². The van der Waals surface area contributed by atoms with Crippen molar-refractivity contribution in [3.05, 3.63) is 11.6 Å². The molecule has 6 heteroatoms. The number of aliphatic hydroxyl groups excluding tert-OH is 1. The number of carbonyl (C=O) groups excluding carboxylic acids is 1. The molecular weight excluding hydrogens is 360 g/mol. The van der Waals surface area contributed by atoms with Crippen LogP contribution >= 0.6 is 0 Å². The molecule has 6 rings (SSSR count). The second kappa shape index (κ2) is 6.61. The monoisotopic (exact) mass is 392 g/mol. The van der Waals surface area contributed by atoms with Crippen molar-refractivity contribution in [1.29, 1.82) is 0 Å². The molecule has 2 bridgehead atoms. The smallest absolute Gasteiger partial charge is 0.201 e. The first kappa shape index (κ1) is 19.2. The first-order chi connectivity index (χ1) is 13.3. The van der Waals surface area contributed by atoms with Crippen LogP contribution in [0.4, 0.5) is 0 Å². The summed E-state index contributed by atoms with van der Waals surface area (Å²) in [6.07, 6.45) is 6.09. The van der Waals surface area contributed by atoms with Crippen LogP contribution in [0.5, 0.6) is 0 Å². The average Bonchev–Trinajstić information content (AvgIpc) is 2.96. The molecule has 4 saturated heterocycles. The lowest BCUT2D eigenvalue weighted by atomic mass is 9.57. The van der Waals surface area contributed by atoms with Gasteiger partial charge in [0.2, 0.25) is 5.79 Å². The second-order valence-corrected chi connectivity index (χ2v) is 9.82. The van der Waals surface area contributed by atoms with Crippen molar-refractivity contribution in [2.45, 2.75) is 95.6 Å². The fraction of sp³-hybridized carbons (Fsp3) is 0.864. The largest absolute Gasteiger partial charge is 0.388 e. The predicted octanol–water partition coefficient (Wildman–Crippen LogP) is 3.28. The minimum Gasteiger partial charge on any atom is -0.388 e. The van der Waals surface area contributed by atoms with Crippen molar-refractivity contribution in [3.8, 4) is 0 Å². The van der Waals surface area contributed by atoms with Gasteiger partial charge in [-0.1, -0.05) is 19.9 Å². The van der Waals surface area contributed by atoms with Gasteiger partial charge in [0.15, 0.2) is 17.7 Å². The van der Waals surface area contributed by atoms with E-state index in [-0.39, 0.29) is 23.7 Å². The Morgan fingerprint density at radius 3 is 2.79 bits per heavy atom. The van der Waals surface area contributed by atoms with Crippen LogP contribution in [0.3, 0.4) is 0 Å². The summed E-state index contributed by atoms with van der Waals surface area (Å²) in [4.78, 5) is 24.0. The van der Waals surface area contributed by atoms with Gasteiger partial charge in [0.25, 0.3) is 0 Å². The number of aliphatic hydroxyl groups is 1. The lowest BCUT2D eigenvalue weighted by molar-refractivity contribution is -0.571. The van der Waals surface area contributed by atoms with Crippen LogP contribution in [0.25, 0.3) is 0 Å². The minimum absolute atomic E-state index is 0.0630. The maximum Gasteiger partial charge on any atom is 0.201 e. The summed E-state index contributed by atoms with van der Waals surface area (Å²) in [5.74, 6) is 0.588. The molecule has 0 radical (unpaired) electrons. The Bertz CT molecular complexity index is 691. The van der Waals surface area contributed by atoms with E-state index in [0.29, 0.717) is 30.3 Å². The van der Waals surface area contributed by atoms with Crippen LogP contribution < -0.4 is 0 Å². The molecule has 2 aliphatic carbocycles. The third-order valence-corrected chi connectivity index (χ3v) is 8.17. The molecule has 1 N–H and O–H groups in total. The summed E-state index contributed by atoms with van der Waals surface area (Å²) in [5, 5.41) is 10.7. The third-order valence-electron chi connectivity index (χ3n) is 8.17. The molecule has 0 amide bonds. The van der Waals surface area contributed by atoms with Crippen LogP contribution in [0.2, 0.25) is 0 Å². The van der Waals surface area contributed by atoms with Gasteiger partial charge in [-0.2, -0.15) is 0 Å². The lowest BCUT2D eigenvalue weighted by Crippen LogP contribution is -2.70. The number of Topliss-reactive ketones (excluding diaryl/α,β-unsaturated/α-hetero) is 1. The Morgan fingerprint density at radius 2 is 2.04 bits per heavy atom. The highest BCUT2D eigenvalue weighted by Crippen LogP contribution is 2.60. The lowest BCUT2D eigenvalue weighted by Gasteiger charge is -2.60. The van der Waals surface area contributed by atoms with Gasteiger partial charge in [-0.15, -0.1) is 0 Å². The Hall–Kier alpha value is -0.790. The zero-order valence-corrected chi connectivity index (χ0v) is 17.1. The standard InChI is InChI=1S/C22H32O6/c1-12-7-8-16-13(2)19(11-18(24)14-5-4-6-17(14)23)25-20-22(16)15(12)9-10-21(3,26-20)27-28-22/h5,12-13,15-16,18-20,24H,4,6-11H2,1-3H3/t12-,13-,15+,16+,18+,19-,20-,21+,22-/m1/s1. The van der Waals surface area contributed by atoms with Crippen molar-refractivity contribution in [2.75, 3.05) is 0 Å². The van der Waals surface area contributed by atoms with Crippen molar-refractivity contribution in [1.82, 2.24) is 0 Å². The summed E-state index contributed by atoms with van der Waals surface area (Å²) in [6.45, 7) is 6.41. The number of allylic oxidation sites excluding steroid dienone is 1.